The number of rotatable bonds is 5. The second-order valence-electron chi connectivity index (χ2n) is 4.37. The molecule has 1 aliphatic heterocycles. The fourth-order valence-electron chi connectivity index (χ4n) is 2.10. The van der Waals surface area contributed by atoms with Gasteiger partial charge in [0.05, 0.1) is 0 Å². The summed E-state index contributed by atoms with van der Waals surface area (Å²) in [5, 5.41) is 0. The molecule has 1 atom stereocenters. The summed E-state index contributed by atoms with van der Waals surface area (Å²) in [4.78, 5) is 11.8. The van der Waals surface area contributed by atoms with Gasteiger partial charge in [0.1, 0.15) is 5.78 Å². The van der Waals surface area contributed by atoms with Crippen molar-refractivity contribution in [1.82, 2.24) is 0 Å². The van der Waals surface area contributed by atoms with E-state index in [0.29, 0.717) is 11.7 Å². The highest BCUT2D eigenvalue weighted by molar-refractivity contribution is 7.99. The van der Waals surface area contributed by atoms with Crippen LogP contribution in [0.1, 0.15) is 24.8 Å². The van der Waals surface area contributed by atoms with Crippen molar-refractivity contribution >= 4 is 17.5 Å². The number of hydrogen-bond acceptors (Lipinski definition) is 2. The molecule has 0 aromatic heterocycles. The summed E-state index contributed by atoms with van der Waals surface area (Å²) in [7, 11) is 0. The minimum absolute atomic E-state index is 0.362. The summed E-state index contributed by atoms with van der Waals surface area (Å²) in [5.74, 6) is 3.08. The van der Waals surface area contributed by atoms with E-state index in [9.17, 15) is 4.79 Å². The highest BCUT2D eigenvalue weighted by Gasteiger charge is 2.22. The van der Waals surface area contributed by atoms with E-state index >= 15 is 0 Å². The van der Waals surface area contributed by atoms with Gasteiger partial charge in [-0.1, -0.05) is 30.3 Å². The Morgan fingerprint density at radius 2 is 2.12 bits per heavy atom. The zero-order valence-electron chi connectivity index (χ0n) is 9.52. The minimum Gasteiger partial charge on any atom is -0.299 e. The van der Waals surface area contributed by atoms with Gasteiger partial charge in [0.2, 0.25) is 0 Å². The molecule has 1 unspecified atom stereocenters. The molecular formula is C14H18OS. The summed E-state index contributed by atoms with van der Waals surface area (Å²) in [5.41, 5.74) is 1.34. The normalized spacial score (nSPS) is 19.9. The molecule has 1 fully saturated rings. The van der Waals surface area contributed by atoms with Crippen LogP contribution in [0, 0.1) is 5.92 Å². The van der Waals surface area contributed by atoms with Gasteiger partial charge in [0.15, 0.2) is 0 Å². The van der Waals surface area contributed by atoms with Crippen LogP contribution < -0.4 is 0 Å². The maximum Gasteiger partial charge on any atom is 0.136 e. The number of carbonyl (C=O) groups is 1. The van der Waals surface area contributed by atoms with E-state index < -0.39 is 0 Å². The first kappa shape index (κ1) is 11.7. The van der Waals surface area contributed by atoms with Gasteiger partial charge in [-0.2, -0.15) is 11.8 Å². The predicted molar refractivity (Wildman–Crippen MR) is 69.8 cm³/mol. The summed E-state index contributed by atoms with van der Waals surface area (Å²) in [6.45, 7) is 0. The van der Waals surface area contributed by atoms with Gasteiger partial charge in [-0.05, 0) is 30.6 Å². The number of hydrogen-bond donors (Lipinski definition) is 0. The molecule has 86 valence electrons. The summed E-state index contributed by atoms with van der Waals surface area (Å²) < 4.78 is 0. The number of thioether (sulfide) groups is 1. The lowest BCUT2D eigenvalue weighted by Gasteiger charge is -2.06. The molecule has 1 aliphatic rings. The Balaban J connectivity index is 1.70. The quantitative estimate of drug-likeness (QED) is 0.777. The molecule has 2 rings (SSSR count). The second kappa shape index (κ2) is 6.09. The lowest BCUT2D eigenvalue weighted by molar-refractivity contribution is -0.122. The Morgan fingerprint density at radius 3 is 2.81 bits per heavy atom. The van der Waals surface area contributed by atoms with Crippen LogP contribution in [0.2, 0.25) is 0 Å². The largest absolute Gasteiger partial charge is 0.299 e. The predicted octanol–water partition coefficient (Wildman–Crippen LogP) is 3.33. The highest BCUT2D eigenvalue weighted by atomic mass is 32.2. The van der Waals surface area contributed by atoms with Crippen molar-refractivity contribution in [2.75, 3.05) is 11.5 Å². The standard InChI is InChI=1S/C14H18OS/c15-14(13-9-10-16-11-13)8-4-7-12-5-2-1-3-6-12/h1-3,5-6,13H,4,7-11H2. The maximum atomic E-state index is 11.8. The molecule has 0 bridgehead atoms. The smallest absolute Gasteiger partial charge is 0.136 e. The number of aryl methyl sites for hydroxylation is 1. The average Bonchev–Trinajstić information content (AvgIpc) is 2.84. The van der Waals surface area contributed by atoms with Crippen LogP contribution in [0.5, 0.6) is 0 Å². The van der Waals surface area contributed by atoms with Crippen molar-refractivity contribution in [3.8, 4) is 0 Å². The van der Waals surface area contributed by atoms with Crippen molar-refractivity contribution in [2.24, 2.45) is 5.92 Å². The van der Waals surface area contributed by atoms with E-state index in [1.807, 2.05) is 17.8 Å². The van der Waals surface area contributed by atoms with Crippen LogP contribution in [-0.4, -0.2) is 17.3 Å². The zero-order chi connectivity index (χ0) is 11.2. The average molecular weight is 234 g/mol. The van der Waals surface area contributed by atoms with Crippen LogP contribution in [0.4, 0.5) is 0 Å². The van der Waals surface area contributed by atoms with Crippen molar-refractivity contribution in [1.29, 1.82) is 0 Å². The number of carbonyl (C=O) groups excluding carboxylic acids is 1. The SMILES string of the molecule is O=C(CCCc1ccccc1)C1CCSC1. The molecule has 0 amide bonds. The summed E-state index contributed by atoms with van der Waals surface area (Å²) in [6, 6.07) is 10.4. The molecular weight excluding hydrogens is 216 g/mol. The van der Waals surface area contributed by atoms with E-state index in [2.05, 4.69) is 24.3 Å². The van der Waals surface area contributed by atoms with Crippen LogP contribution in [0.15, 0.2) is 30.3 Å². The van der Waals surface area contributed by atoms with E-state index in [0.717, 1.165) is 31.4 Å². The molecule has 0 spiro atoms. The van der Waals surface area contributed by atoms with Crippen LogP contribution >= 0.6 is 11.8 Å². The third kappa shape index (κ3) is 3.38. The van der Waals surface area contributed by atoms with Crippen molar-refractivity contribution in [2.45, 2.75) is 25.7 Å². The van der Waals surface area contributed by atoms with Crippen LogP contribution in [0.25, 0.3) is 0 Å². The number of ketones is 1. The molecule has 16 heavy (non-hydrogen) atoms. The second-order valence-corrected chi connectivity index (χ2v) is 5.52. The molecule has 0 N–H and O–H groups in total. The molecule has 0 aliphatic carbocycles. The van der Waals surface area contributed by atoms with Crippen molar-refractivity contribution in [3.63, 3.8) is 0 Å². The maximum absolute atomic E-state index is 11.8. The summed E-state index contributed by atoms with van der Waals surface area (Å²) in [6.07, 6.45) is 3.91. The van der Waals surface area contributed by atoms with Gasteiger partial charge in [0, 0.05) is 18.1 Å². The van der Waals surface area contributed by atoms with E-state index in [1.165, 1.54) is 11.3 Å². The fourth-order valence-corrected chi connectivity index (χ4v) is 3.36. The molecule has 0 saturated carbocycles. The van der Waals surface area contributed by atoms with Gasteiger partial charge in [-0.15, -0.1) is 0 Å². The topological polar surface area (TPSA) is 17.1 Å². The number of Topliss-reactive ketones (excluding diaryl/α,β-unsaturated/α-hetero) is 1. The third-order valence-electron chi connectivity index (χ3n) is 3.12. The minimum atomic E-state index is 0.362. The summed E-state index contributed by atoms with van der Waals surface area (Å²) >= 11 is 1.92. The van der Waals surface area contributed by atoms with E-state index in [-0.39, 0.29) is 0 Å². The van der Waals surface area contributed by atoms with E-state index in [4.69, 9.17) is 0 Å². The first-order chi connectivity index (χ1) is 7.86. The Hall–Kier alpha value is -0.760. The zero-order valence-corrected chi connectivity index (χ0v) is 10.3. The van der Waals surface area contributed by atoms with Crippen molar-refractivity contribution < 1.29 is 4.79 Å². The Morgan fingerprint density at radius 1 is 1.31 bits per heavy atom. The monoisotopic (exact) mass is 234 g/mol. The first-order valence-electron chi connectivity index (χ1n) is 6.00. The Kier molecular flexibility index (Phi) is 4.46. The number of benzene rings is 1. The van der Waals surface area contributed by atoms with Gasteiger partial charge < -0.3 is 0 Å². The van der Waals surface area contributed by atoms with Gasteiger partial charge >= 0.3 is 0 Å². The van der Waals surface area contributed by atoms with Gasteiger partial charge in [-0.25, -0.2) is 0 Å². The lowest BCUT2D eigenvalue weighted by atomic mass is 9.98. The molecule has 1 aromatic carbocycles. The molecule has 1 heterocycles. The molecule has 1 saturated heterocycles. The van der Waals surface area contributed by atoms with Crippen molar-refractivity contribution in [3.05, 3.63) is 35.9 Å². The van der Waals surface area contributed by atoms with E-state index in [1.54, 1.807) is 0 Å². The Bertz CT molecular complexity index is 328. The molecule has 2 heteroatoms. The van der Waals surface area contributed by atoms with Gasteiger partial charge in [-0.3, -0.25) is 4.79 Å². The Labute approximate surface area is 102 Å². The molecule has 1 aromatic rings. The first-order valence-corrected chi connectivity index (χ1v) is 7.16. The van der Waals surface area contributed by atoms with Crippen LogP contribution in [-0.2, 0) is 11.2 Å². The highest BCUT2D eigenvalue weighted by Crippen LogP contribution is 2.25. The molecule has 1 nitrogen and oxygen atoms in total. The third-order valence-corrected chi connectivity index (χ3v) is 4.28. The van der Waals surface area contributed by atoms with Gasteiger partial charge in [0.25, 0.3) is 0 Å². The van der Waals surface area contributed by atoms with Crippen LogP contribution in [0.3, 0.4) is 0 Å². The molecule has 0 radical (unpaired) electrons. The fraction of sp³-hybridized carbons (Fsp3) is 0.500. The lowest BCUT2D eigenvalue weighted by Crippen LogP contribution is -2.13.